The summed E-state index contributed by atoms with van der Waals surface area (Å²) in [7, 11) is 0. The lowest BCUT2D eigenvalue weighted by molar-refractivity contribution is -0.131. The number of hydrogen-bond donors (Lipinski definition) is 1. The van der Waals surface area contributed by atoms with Crippen LogP contribution in [-0.4, -0.2) is 17.3 Å². The van der Waals surface area contributed by atoms with Crippen LogP contribution in [0.25, 0.3) is 0 Å². The predicted octanol–water partition coefficient (Wildman–Crippen LogP) is 3.88. The molecule has 1 fully saturated rings. The highest BCUT2D eigenvalue weighted by Crippen LogP contribution is 2.43. The molecule has 1 rings (SSSR count). The van der Waals surface area contributed by atoms with E-state index in [-0.39, 0.29) is 5.41 Å². The molecule has 1 atom stereocenters. The topological polar surface area (TPSA) is 29.1 Å². The molecule has 0 heterocycles. The van der Waals surface area contributed by atoms with Crippen LogP contribution < -0.4 is 5.32 Å². The Kier molecular flexibility index (Phi) is 5.98. The lowest BCUT2D eigenvalue weighted by Gasteiger charge is -2.30. The number of alkyl halides is 1. The Morgan fingerprint density at radius 3 is 2.41 bits per heavy atom. The van der Waals surface area contributed by atoms with E-state index in [2.05, 4.69) is 42.0 Å². The van der Waals surface area contributed by atoms with E-state index < -0.39 is 0 Å². The van der Waals surface area contributed by atoms with E-state index in [9.17, 15) is 4.79 Å². The van der Waals surface area contributed by atoms with Crippen LogP contribution in [-0.2, 0) is 4.79 Å². The van der Waals surface area contributed by atoms with Crippen LogP contribution in [0.3, 0.4) is 0 Å². The van der Waals surface area contributed by atoms with Crippen molar-refractivity contribution in [3.05, 3.63) is 0 Å². The SMILES string of the molecule is CCC(Br)CNC(=O)C1(CC(C)C)CCCC1. The molecule has 3 heteroatoms. The van der Waals surface area contributed by atoms with Crippen LogP contribution in [0, 0.1) is 11.3 Å². The van der Waals surface area contributed by atoms with Crippen molar-refractivity contribution in [1.29, 1.82) is 0 Å². The van der Waals surface area contributed by atoms with E-state index in [1.54, 1.807) is 0 Å². The highest BCUT2D eigenvalue weighted by Gasteiger charge is 2.41. The summed E-state index contributed by atoms with van der Waals surface area (Å²) in [5.74, 6) is 0.895. The van der Waals surface area contributed by atoms with Crippen molar-refractivity contribution in [2.24, 2.45) is 11.3 Å². The van der Waals surface area contributed by atoms with E-state index in [0.29, 0.717) is 16.7 Å². The first-order valence-electron chi connectivity index (χ1n) is 6.92. The molecule has 1 amide bonds. The van der Waals surface area contributed by atoms with Crippen molar-refractivity contribution in [3.8, 4) is 0 Å². The highest BCUT2D eigenvalue weighted by molar-refractivity contribution is 9.09. The Morgan fingerprint density at radius 2 is 1.94 bits per heavy atom. The lowest BCUT2D eigenvalue weighted by atomic mass is 9.77. The average molecular weight is 304 g/mol. The average Bonchev–Trinajstić information content (AvgIpc) is 2.74. The molecule has 0 saturated heterocycles. The number of hydrogen-bond acceptors (Lipinski definition) is 1. The number of carbonyl (C=O) groups excluding carboxylic acids is 1. The van der Waals surface area contributed by atoms with Crippen molar-refractivity contribution in [3.63, 3.8) is 0 Å². The highest BCUT2D eigenvalue weighted by atomic mass is 79.9. The summed E-state index contributed by atoms with van der Waals surface area (Å²) in [6, 6.07) is 0. The summed E-state index contributed by atoms with van der Waals surface area (Å²) in [6.07, 6.45) is 6.68. The minimum Gasteiger partial charge on any atom is -0.354 e. The molecule has 0 spiro atoms. The van der Waals surface area contributed by atoms with Gasteiger partial charge in [0, 0.05) is 16.8 Å². The van der Waals surface area contributed by atoms with Crippen molar-refractivity contribution < 1.29 is 4.79 Å². The lowest BCUT2D eigenvalue weighted by Crippen LogP contribution is -2.42. The summed E-state index contributed by atoms with van der Waals surface area (Å²) >= 11 is 3.57. The van der Waals surface area contributed by atoms with Crippen LogP contribution >= 0.6 is 15.9 Å². The van der Waals surface area contributed by atoms with Gasteiger partial charge in [-0.15, -0.1) is 0 Å². The minimum atomic E-state index is -0.0609. The largest absolute Gasteiger partial charge is 0.354 e. The Morgan fingerprint density at radius 1 is 1.35 bits per heavy atom. The molecule has 1 saturated carbocycles. The van der Waals surface area contributed by atoms with Gasteiger partial charge in [-0.05, 0) is 31.6 Å². The summed E-state index contributed by atoms with van der Waals surface area (Å²) in [4.78, 5) is 12.8. The summed E-state index contributed by atoms with van der Waals surface area (Å²) < 4.78 is 0. The minimum absolute atomic E-state index is 0.0609. The van der Waals surface area contributed by atoms with Gasteiger partial charge in [0.25, 0.3) is 0 Å². The predicted molar refractivity (Wildman–Crippen MR) is 76.4 cm³/mol. The molecule has 0 aromatic carbocycles. The van der Waals surface area contributed by atoms with Crippen molar-refractivity contribution in [2.45, 2.75) is 64.1 Å². The summed E-state index contributed by atoms with van der Waals surface area (Å²) in [6.45, 7) is 7.32. The number of amides is 1. The van der Waals surface area contributed by atoms with Crippen LogP contribution in [0.4, 0.5) is 0 Å². The maximum absolute atomic E-state index is 12.4. The molecule has 1 aliphatic rings. The zero-order valence-corrected chi connectivity index (χ0v) is 13.0. The van der Waals surface area contributed by atoms with Crippen LogP contribution in [0.15, 0.2) is 0 Å². The van der Waals surface area contributed by atoms with Gasteiger partial charge >= 0.3 is 0 Å². The Balaban J connectivity index is 2.55. The Hall–Kier alpha value is -0.0500. The smallest absolute Gasteiger partial charge is 0.226 e. The molecule has 0 radical (unpaired) electrons. The van der Waals surface area contributed by atoms with Gasteiger partial charge in [0.2, 0.25) is 5.91 Å². The van der Waals surface area contributed by atoms with Gasteiger partial charge in [0.05, 0.1) is 0 Å². The Labute approximate surface area is 114 Å². The van der Waals surface area contributed by atoms with Crippen LogP contribution in [0.5, 0.6) is 0 Å². The van der Waals surface area contributed by atoms with Crippen LogP contribution in [0.2, 0.25) is 0 Å². The van der Waals surface area contributed by atoms with Crippen molar-refractivity contribution in [1.82, 2.24) is 5.32 Å². The molecule has 0 aliphatic heterocycles. The first-order chi connectivity index (χ1) is 8.00. The van der Waals surface area contributed by atoms with Gasteiger partial charge in [0.15, 0.2) is 0 Å². The van der Waals surface area contributed by atoms with Crippen molar-refractivity contribution >= 4 is 21.8 Å². The Bertz CT molecular complexity index is 247. The fraction of sp³-hybridized carbons (Fsp3) is 0.929. The molecule has 2 nitrogen and oxygen atoms in total. The van der Waals surface area contributed by atoms with Crippen molar-refractivity contribution in [2.75, 3.05) is 6.54 Å². The molecule has 17 heavy (non-hydrogen) atoms. The van der Waals surface area contributed by atoms with E-state index in [4.69, 9.17) is 0 Å². The van der Waals surface area contributed by atoms with Gasteiger partial charge in [-0.3, -0.25) is 4.79 Å². The normalized spacial score (nSPS) is 20.5. The zero-order chi connectivity index (χ0) is 12.9. The second kappa shape index (κ2) is 6.77. The van der Waals surface area contributed by atoms with Gasteiger partial charge in [-0.1, -0.05) is 49.5 Å². The fourth-order valence-electron chi connectivity index (χ4n) is 2.89. The molecule has 1 N–H and O–H groups in total. The third-order valence-electron chi connectivity index (χ3n) is 3.77. The molecule has 0 aromatic rings. The molecule has 1 unspecified atom stereocenters. The molecule has 100 valence electrons. The standard InChI is InChI=1S/C14H26BrNO/c1-4-12(15)10-16-13(17)14(9-11(2)3)7-5-6-8-14/h11-12H,4-10H2,1-3H3,(H,16,17). The van der Waals surface area contributed by atoms with Gasteiger partial charge in [-0.25, -0.2) is 0 Å². The number of rotatable bonds is 6. The quantitative estimate of drug-likeness (QED) is 0.741. The first-order valence-corrected chi connectivity index (χ1v) is 7.84. The number of nitrogens with one attached hydrogen (secondary N) is 1. The third-order valence-corrected chi connectivity index (χ3v) is 4.74. The molecular weight excluding hydrogens is 278 g/mol. The second-order valence-electron chi connectivity index (χ2n) is 5.80. The molecular formula is C14H26BrNO. The van der Waals surface area contributed by atoms with Gasteiger partial charge in [0.1, 0.15) is 0 Å². The molecule has 1 aliphatic carbocycles. The summed E-state index contributed by atoms with van der Waals surface area (Å²) in [5.41, 5.74) is -0.0609. The maximum atomic E-state index is 12.4. The maximum Gasteiger partial charge on any atom is 0.226 e. The van der Waals surface area contributed by atoms with E-state index in [1.807, 2.05) is 0 Å². The van der Waals surface area contributed by atoms with Crippen LogP contribution in [0.1, 0.15) is 59.3 Å². The van der Waals surface area contributed by atoms with Gasteiger partial charge < -0.3 is 5.32 Å². The number of halogens is 1. The second-order valence-corrected chi connectivity index (χ2v) is 7.10. The zero-order valence-electron chi connectivity index (χ0n) is 11.4. The molecule has 0 aromatic heterocycles. The first kappa shape index (κ1) is 15.0. The van der Waals surface area contributed by atoms with E-state index in [1.165, 1.54) is 12.8 Å². The summed E-state index contributed by atoms with van der Waals surface area (Å²) in [5, 5.41) is 3.14. The molecule has 0 bridgehead atoms. The number of carbonyl (C=O) groups is 1. The third kappa shape index (κ3) is 4.27. The fourth-order valence-corrected chi connectivity index (χ4v) is 3.05. The van der Waals surface area contributed by atoms with E-state index >= 15 is 0 Å². The van der Waals surface area contributed by atoms with E-state index in [0.717, 1.165) is 32.2 Å². The monoisotopic (exact) mass is 303 g/mol. The van der Waals surface area contributed by atoms with Gasteiger partial charge in [-0.2, -0.15) is 0 Å².